The summed E-state index contributed by atoms with van der Waals surface area (Å²) in [7, 11) is 1.66. The molecule has 0 bridgehead atoms. The van der Waals surface area contributed by atoms with Crippen LogP contribution in [0.25, 0.3) is 10.9 Å². The predicted octanol–water partition coefficient (Wildman–Crippen LogP) is 3.50. The minimum Gasteiger partial charge on any atom is -0.506 e. The molecule has 2 aromatic carbocycles. The van der Waals surface area contributed by atoms with Crippen LogP contribution in [0.2, 0.25) is 0 Å². The Balaban J connectivity index is 1.13. The lowest BCUT2D eigenvalue weighted by molar-refractivity contribution is -0.206. The molecule has 266 valence electrons. The Morgan fingerprint density at radius 2 is 1.84 bits per heavy atom. The number of benzene rings is 2. The summed E-state index contributed by atoms with van der Waals surface area (Å²) in [5.74, 6) is -2.54. The number of H-pyrrole nitrogens is 1. The van der Waals surface area contributed by atoms with E-state index in [0.29, 0.717) is 55.8 Å². The predicted molar refractivity (Wildman–Crippen MR) is 176 cm³/mol. The number of alkyl halides is 3. The second kappa shape index (κ2) is 16.8. The summed E-state index contributed by atoms with van der Waals surface area (Å²) in [5, 5.41) is 27.5. The van der Waals surface area contributed by atoms with Gasteiger partial charge in [-0.15, -0.1) is 0 Å². The van der Waals surface area contributed by atoms with Gasteiger partial charge in [0.1, 0.15) is 11.9 Å². The van der Waals surface area contributed by atoms with Crippen LogP contribution in [0.15, 0.2) is 47.3 Å². The average molecular weight is 690 g/mol. The summed E-state index contributed by atoms with van der Waals surface area (Å²) in [6.45, 7) is 4.23. The van der Waals surface area contributed by atoms with E-state index in [1.54, 1.807) is 24.1 Å². The number of phenolic OH excluding ortho intramolecular Hbond substituents is 1. The van der Waals surface area contributed by atoms with Crippen molar-refractivity contribution in [1.82, 2.24) is 20.1 Å². The number of nitrogens with zero attached hydrogens (tertiary/aromatic N) is 2. The smallest absolute Gasteiger partial charge is 0.490 e. The molecule has 0 radical (unpaired) electrons. The maximum Gasteiger partial charge on any atom is 0.490 e. The van der Waals surface area contributed by atoms with Crippen molar-refractivity contribution < 1.29 is 42.5 Å². The van der Waals surface area contributed by atoms with E-state index in [2.05, 4.69) is 20.4 Å². The standard InChI is InChI=1S/C34H42F3N5O7/c1-21-18-22(19-38-20-28(44)24-6-9-27(43)32-25(24)7-10-30(46)40-32)5-8-26(21)39-29(45)4-3-14-41(2)31(47)13-17-42-15-11-23(12-16-42)49-33(48)34(35,36)37/h5-10,18,23,28,38,43-44H,3-4,11-17,19-20H2,1-2H3,(H,39,45)(H,40,46)/t28-/m0/s1. The normalized spacial score (nSPS) is 14.8. The number of ether oxygens (including phenoxy) is 1. The van der Waals surface area contributed by atoms with E-state index < -0.39 is 24.4 Å². The largest absolute Gasteiger partial charge is 0.506 e. The summed E-state index contributed by atoms with van der Waals surface area (Å²) in [6, 6.07) is 11.6. The van der Waals surface area contributed by atoms with E-state index in [-0.39, 0.29) is 60.9 Å². The number of likely N-dealkylation sites (tertiary alicyclic amines) is 1. The number of amides is 2. The van der Waals surface area contributed by atoms with E-state index in [1.165, 1.54) is 12.1 Å². The second-order valence-electron chi connectivity index (χ2n) is 12.2. The van der Waals surface area contributed by atoms with Gasteiger partial charge in [0.05, 0.1) is 11.6 Å². The lowest BCUT2D eigenvalue weighted by Gasteiger charge is -2.31. The highest BCUT2D eigenvalue weighted by atomic mass is 19.4. The Hall–Kier alpha value is -4.47. The molecule has 2 amide bonds. The quantitative estimate of drug-likeness (QED) is 0.160. The Morgan fingerprint density at radius 1 is 1.10 bits per heavy atom. The van der Waals surface area contributed by atoms with E-state index >= 15 is 0 Å². The summed E-state index contributed by atoms with van der Waals surface area (Å²) in [6.07, 6.45) is -5.24. The lowest BCUT2D eigenvalue weighted by atomic mass is 10.0. The van der Waals surface area contributed by atoms with Crippen molar-refractivity contribution in [2.75, 3.05) is 45.1 Å². The summed E-state index contributed by atoms with van der Waals surface area (Å²) >= 11 is 0. The molecule has 15 heteroatoms. The molecule has 0 aliphatic carbocycles. The van der Waals surface area contributed by atoms with Gasteiger partial charge in [-0.05, 0) is 61.1 Å². The van der Waals surface area contributed by atoms with Gasteiger partial charge in [-0.1, -0.05) is 18.2 Å². The number of rotatable bonds is 14. The first-order valence-corrected chi connectivity index (χ1v) is 16.1. The molecule has 1 aliphatic heterocycles. The van der Waals surface area contributed by atoms with E-state index in [0.717, 1.165) is 11.1 Å². The van der Waals surface area contributed by atoms with Crippen LogP contribution in [-0.2, 0) is 25.7 Å². The number of carbonyl (C=O) groups excluding carboxylic acids is 3. The molecule has 1 aromatic heterocycles. The van der Waals surface area contributed by atoms with Crippen LogP contribution >= 0.6 is 0 Å². The topological polar surface area (TPSA) is 164 Å². The molecule has 1 saturated heterocycles. The number of piperidine rings is 1. The Labute approximate surface area is 281 Å². The number of pyridine rings is 1. The van der Waals surface area contributed by atoms with Crippen LogP contribution < -0.4 is 16.2 Å². The van der Waals surface area contributed by atoms with Gasteiger partial charge in [-0.2, -0.15) is 13.2 Å². The number of aryl methyl sites for hydroxylation is 1. The van der Waals surface area contributed by atoms with Crippen LogP contribution in [0.3, 0.4) is 0 Å². The first-order chi connectivity index (χ1) is 23.2. The van der Waals surface area contributed by atoms with Gasteiger partial charge in [0.25, 0.3) is 0 Å². The molecule has 5 N–H and O–H groups in total. The highest BCUT2D eigenvalue weighted by Crippen LogP contribution is 2.28. The molecule has 2 heterocycles. The van der Waals surface area contributed by atoms with Gasteiger partial charge in [-0.25, -0.2) is 4.79 Å². The lowest BCUT2D eigenvalue weighted by Crippen LogP contribution is -2.41. The number of aliphatic hydroxyl groups is 1. The fraction of sp³-hybridized carbons (Fsp3) is 0.471. The van der Waals surface area contributed by atoms with Crippen LogP contribution in [0.4, 0.5) is 18.9 Å². The number of hydrogen-bond donors (Lipinski definition) is 5. The molecule has 4 rings (SSSR count). The molecule has 0 spiro atoms. The highest BCUT2D eigenvalue weighted by molar-refractivity contribution is 5.91. The van der Waals surface area contributed by atoms with Gasteiger partial charge in [0, 0.05) is 76.3 Å². The number of hydrogen-bond acceptors (Lipinski definition) is 9. The number of aromatic amines is 1. The number of phenols is 1. The maximum absolute atomic E-state index is 12.6. The van der Waals surface area contributed by atoms with Crippen molar-refractivity contribution in [1.29, 1.82) is 0 Å². The summed E-state index contributed by atoms with van der Waals surface area (Å²) in [5.41, 5.74) is 2.95. The van der Waals surface area contributed by atoms with Gasteiger partial charge in [0.15, 0.2) is 0 Å². The number of fused-ring (bicyclic) bond motifs is 1. The number of aromatic nitrogens is 1. The first kappa shape index (κ1) is 37.4. The molecule has 12 nitrogen and oxygen atoms in total. The zero-order valence-electron chi connectivity index (χ0n) is 27.4. The molecular weight excluding hydrogens is 647 g/mol. The van der Waals surface area contributed by atoms with Gasteiger partial charge < -0.3 is 40.4 Å². The van der Waals surface area contributed by atoms with Crippen molar-refractivity contribution in [2.45, 2.75) is 64.0 Å². The Kier molecular flexibility index (Phi) is 12.8. The number of carbonyl (C=O) groups is 3. The van der Waals surface area contributed by atoms with Crippen molar-refractivity contribution in [3.63, 3.8) is 0 Å². The number of aromatic hydroxyl groups is 1. The number of nitrogens with one attached hydrogen (secondary N) is 3. The average Bonchev–Trinajstić information content (AvgIpc) is 3.05. The zero-order valence-corrected chi connectivity index (χ0v) is 27.4. The fourth-order valence-electron chi connectivity index (χ4n) is 5.72. The first-order valence-electron chi connectivity index (χ1n) is 16.1. The monoisotopic (exact) mass is 689 g/mol. The van der Waals surface area contributed by atoms with Crippen molar-refractivity contribution >= 4 is 34.4 Å². The maximum atomic E-state index is 12.6. The molecule has 1 atom stereocenters. The molecule has 49 heavy (non-hydrogen) atoms. The highest BCUT2D eigenvalue weighted by Gasteiger charge is 2.42. The van der Waals surface area contributed by atoms with Crippen molar-refractivity contribution in [3.8, 4) is 5.75 Å². The molecule has 1 aliphatic rings. The van der Waals surface area contributed by atoms with Crippen LogP contribution in [0, 0.1) is 6.92 Å². The Morgan fingerprint density at radius 3 is 2.53 bits per heavy atom. The molecular formula is C34H42F3N5O7. The minimum atomic E-state index is -5.01. The minimum absolute atomic E-state index is 0.0774. The fourth-order valence-corrected chi connectivity index (χ4v) is 5.72. The summed E-state index contributed by atoms with van der Waals surface area (Å²) < 4.78 is 41.7. The summed E-state index contributed by atoms with van der Waals surface area (Å²) in [4.78, 5) is 53.9. The molecule has 1 fully saturated rings. The van der Waals surface area contributed by atoms with Crippen molar-refractivity contribution in [3.05, 3.63) is 69.5 Å². The van der Waals surface area contributed by atoms with Crippen LogP contribution in [0.5, 0.6) is 5.75 Å². The molecule has 0 unspecified atom stereocenters. The van der Waals surface area contributed by atoms with Crippen LogP contribution in [0.1, 0.15) is 54.9 Å². The number of aliphatic hydroxyl groups excluding tert-OH is 1. The SMILES string of the molecule is Cc1cc(CNC[C@H](O)c2ccc(O)c3[nH]c(=O)ccc23)ccc1NC(=O)CCCN(C)C(=O)CCN1CCC(OC(=O)C(F)(F)F)CC1. The third kappa shape index (κ3) is 10.8. The van der Waals surface area contributed by atoms with E-state index in [4.69, 9.17) is 0 Å². The number of halogens is 3. The Bertz CT molecular complexity index is 1690. The van der Waals surface area contributed by atoms with Gasteiger partial charge >= 0.3 is 12.1 Å². The van der Waals surface area contributed by atoms with Crippen LogP contribution in [-0.4, -0.2) is 94.8 Å². The van der Waals surface area contributed by atoms with Gasteiger partial charge in [-0.3, -0.25) is 14.4 Å². The third-order valence-electron chi connectivity index (χ3n) is 8.50. The zero-order chi connectivity index (χ0) is 35.7. The molecule has 0 saturated carbocycles. The van der Waals surface area contributed by atoms with E-state index in [1.807, 2.05) is 30.0 Å². The number of esters is 1. The number of anilines is 1. The van der Waals surface area contributed by atoms with E-state index in [9.17, 15) is 42.6 Å². The second-order valence-corrected chi connectivity index (χ2v) is 12.2. The van der Waals surface area contributed by atoms with Gasteiger partial charge in [0.2, 0.25) is 17.4 Å². The third-order valence-corrected chi connectivity index (χ3v) is 8.50. The molecule has 3 aromatic rings. The van der Waals surface area contributed by atoms with Crippen molar-refractivity contribution in [2.24, 2.45) is 0 Å².